The van der Waals surface area contributed by atoms with Gasteiger partial charge in [0.25, 0.3) is 5.69 Å². The summed E-state index contributed by atoms with van der Waals surface area (Å²) in [7, 11) is 0. The number of carbonyl (C=O) groups is 1. The molecular formula is C19H14N2O3. The van der Waals surface area contributed by atoms with Crippen LogP contribution in [0.1, 0.15) is 28.4 Å². The summed E-state index contributed by atoms with van der Waals surface area (Å²) in [5.41, 5.74) is 2.46. The number of nitrogens with one attached hydrogen (secondary N) is 1. The summed E-state index contributed by atoms with van der Waals surface area (Å²) in [5, 5.41) is 16.2. The summed E-state index contributed by atoms with van der Waals surface area (Å²) in [5.74, 6) is 0.0869. The normalized spacial score (nSPS) is 16.5. The Morgan fingerprint density at radius 1 is 1.00 bits per heavy atom. The van der Waals surface area contributed by atoms with Gasteiger partial charge in [-0.1, -0.05) is 42.5 Å². The molecule has 0 aromatic heterocycles. The second-order valence-corrected chi connectivity index (χ2v) is 5.88. The van der Waals surface area contributed by atoms with E-state index in [2.05, 4.69) is 5.32 Å². The molecule has 118 valence electrons. The minimum Gasteiger partial charge on any atom is -0.377 e. The Labute approximate surface area is 138 Å². The van der Waals surface area contributed by atoms with Gasteiger partial charge in [-0.2, -0.15) is 0 Å². The summed E-state index contributed by atoms with van der Waals surface area (Å²) < 4.78 is 0. The van der Waals surface area contributed by atoms with Gasteiger partial charge in [0.15, 0.2) is 5.78 Å². The third-order valence-electron chi connectivity index (χ3n) is 4.43. The number of anilines is 1. The number of carbonyl (C=O) groups excluding carboxylic acids is 1. The molecule has 0 radical (unpaired) electrons. The van der Waals surface area contributed by atoms with Gasteiger partial charge in [-0.05, 0) is 22.4 Å². The van der Waals surface area contributed by atoms with Gasteiger partial charge in [-0.3, -0.25) is 14.9 Å². The number of nitro benzene ring substituents is 1. The second kappa shape index (κ2) is 5.45. The summed E-state index contributed by atoms with van der Waals surface area (Å²) in [4.78, 5) is 23.0. The third-order valence-corrected chi connectivity index (χ3v) is 4.43. The number of benzene rings is 3. The molecule has 0 saturated heterocycles. The summed E-state index contributed by atoms with van der Waals surface area (Å²) >= 11 is 0. The van der Waals surface area contributed by atoms with E-state index in [-0.39, 0.29) is 17.5 Å². The van der Waals surface area contributed by atoms with Gasteiger partial charge in [-0.15, -0.1) is 0 Å². The highest BCUT2D eigenvalue weighted by Gasteiger charge is 2.27. The number of hydrogen-bond donors (Lipinski definition) is 1. The van der Waals surface area contributed by atoms with E-state index >= 15 is 0 Å². The first-order valence-electron chi connectivity index (χ1n) is 7.69. The summed E-state index contributed by atoms with van der Waals surface area (Å²) in [6.07, 6.45) is 0.332. The highest BCUT2D eigenvalue weighted by Crippen LogP contribution is 2.36. The van der Waals surface area contributed by atoms with Gasteiger partial charge in [0, 0.05) is 29.8 Å². The zero-order valence-corrected chi connectivity index (χ0v) is 12.7. The van der Waals surface area contributed by atoms with E-state index in [1.165, 1.54) is 12.1 Å². The van der Waals surface area contributed by atoms with Crippen molar-refractivity contribution in [3.05, 3.63) is 81.9 Å². The van der Waals surface area contributed by atoms with Crippen LogP contribution in [0.5, 0.6) is 0 Å². The molecule has 3 aromatic rings. The number of non-ortho nitro benzene ring substituents is 1. The standard InChI is InChI=1S/C19H14N2O3/c22-18-11-17(13-5-8-14(9-6-13)21(23)24)20-16-10-7-12-3-1-2-4-15(12)19(16)18/h1-10,17,20H,11H2/t17-/m1/s1. The minimum absolute atomic E-state index is 0.0484. The first-order chi connectivity index (χ1) is 11.6. The highest BCUT2D eigenvalue weighted by atomic mass is 16.6. The number of ketones is 1. The van der Waals surface area contributed by atoms with Crippen LogP contribution < -0.4 is 5.32 Å². The van der Waals surface area contributed by atoms with Crippen LogP contribution >= 0.6 is 0 Å². The lowest BCUT2D eigenvalue weighted by molar-refractivity contribution is -0.384. The Bertz CT molecular complexity index is 964. The van der Waals surface area contributed by atoms with E-state index in [9.17, 15) is 14.9 Å². The van der Waals surface area contributed by atoms with Crippen LogP contribution in [0.15, 0.2) is 60.7 Å². The van der Waals surface area contributed by atoms with Crippen LogP contribution in [0.3, 0.4) is 0 Å². The molecule has 0 fully saturated rings. The molecule has 1 N–H and O–H groups in total. The fourth-order valence-electron chi connectivity index (χ4n) is 3.25. The van der Waals surface area contributed by atoms with Crippen molar-refractivity contribution in [2.24, 2.45) is 0 Å². The van der Waals surface area contributed by atoms with Crippen LogP contribution in [-0.2, 0) is 0 Å². The molecule has 1 heterocycles. The Kier molecular flexibility index (Phi) is 3.27. The van der Waals surface area contributed by atoms with E-state index in [4.69, 9.17) is 0 Å². The third kappa shape index (κ3) is 2.31. The molecule has 1 atom stereocenters. The maximum Gasteiger partial charge on any atom is 0.269 e. The Balaban J connectivity index is 1.73. The van der Waals surface area contributed by atoms with Gasteiger partial charge >= 0.3 is 0 Å². The lowest BCUT2D eigenvalue weighted by atomic mass is 9.89. The van der Waals surface area contributed by atoms with Gasteiger partial charge in [-0.25, -0.2) is 0 Å². The van der Waals surface area contributed by atoms with Crippen LogP contribution in [0.25, 0.3) is 10.8 Å². The number of hydrogen-bond acceptors (Lipinski definition) is 4. The number of Topliss-reactive ketones (excluding diaryl/α,β-unsaturated/α-hetero) is 1. The first kappa shape index (κ1) is 14.4. The smallest absolute Gasteiger partial charge is 0.269 e. The van der Waals surface area contributed by atoms with Crippen molar-refractivity contribution in [3.63, 3.8) is 0 Å². The lowest BCUT2D eigenvalue weighted by Gasteiger charge is -2.27. The molecule has 4 rings (SSSR count). The molecule has 5 heteroatoms. The fraction of sp³-hybridized carbons (Fsp3) is 0.105. The van der Waals surface area contributed by atoms with Crippen LogP contribution in [-0.4, -0.2) is 10.7 Å². The largest absolute Gasteiger partial charge is 0.377 e. The van der Waals surface area contributed by atoms with Gasteiger partial charge in [0.05, 0.1) is 11.0 Å². The quantitative estimate of drug-likeness (QED) is 0.558. The molecule has 1 aliphatic rings. The number of fused-ring (bicyclic) bond motifs is 3. The van der Waals surface area contributed by atoms with Gasteiger partial charge < -0.3 is 5.32 Å². The predicted molar refractivity (Wildman–Crippen MR) is 92.4 cm³/mol. The average Bonchev–Trinajstić information content (AvgIpc) is 2.61. The van der Waals surface area contributed by atoms with Crippen molar-refractivity contribution >= 4 is 27.9 Å². The van der Waals surface area contributed by atoms with Crippen molar-refractivity contribution in [1.82, 2.24) is 0 Å². The van der Waals surface area contributed by atoms with E-state index < -0.39 is 4.92 Å². The lowest BCUT2D eigenvalue weighted by Crippen LogP contribution is -2.23. The van der Waals surface area contributed by atoms with E-state index in [1.54, 1.807) is 12.1 Å². The van der Waals surface area contributed by atoms with Crippen molar-refractivity contribution < 1.29 is 9.72 Å². The minimum atomic E-state index is -0.426. The molecule has 0 amide bonds. The summed E-state index contributed by atoms with van der Waals surface area (Å²) in [6.45, 7) is 0. The van der Waals surface area contributed by atoms with Crippen molar-refractivity contribution in [2.75, 3.05) is 5.32 Å². The van der Waals surface area contributed by atoms with Crippen LogP contribution in [0.2, 0.25) is 0 Å². The number of nitrogens with zero attached hydrogens (tertiary/aromatic N) is 1. The average molecular weight is 318 g/mol. The van der Waals surface area contributed by atoms with Crippen LogP contribution in [0, 0.1) is 10.1 Å². The maximum absolute atomic E-state index is 12.7. The molecule has 24 heavy (non-hydrogen) atoms. The Morgan fingerprint density at radius 3 is 2.50 bits per heavy atom. The first-order valence-corrected chi connectivity index (χ1v) is 7.69. The number of rotatable bonds is 2. The van der Waals surface area contributed by atoms with Crippen molar-refractivity contribution in [3.8, 4) is 0 Å². The van der Waals surface area contributed by atoms with E-state index in [1.807, 2.05) is 36.4 Å². The monoisotopic (exact) mass is 318 g/mol. The zero-order chi connectivity index (χ0) is 16.7. The Morgan fingerprint density at radius 2 is 1.75 bits per heavy atom. The van der Waals surface area contributed by atoms with Crippen molar-refractivity contribution in [2.45, 2.75) is 12.5 Å². The van der Waals surface area contributed by atoms with Crippen molar-refractivity contribution in [1.29, 1.82) is 0 Å². The van der Waals surface area contributed by atoms with E-state index in [0.29, 0.717) is 6.42 Å². The molecule has 0 spiro atoms. The zero-order valence-electron chi connectivity index (χ0n) is 12.7. The maximum atomic E-state index is 12.7. The molecule has 0 aliphatic carbocycles. The highest BCUT2D eigenvalue weighted by molar-refractivity contribution is 6.14. The molecular weight excluding hydrogens is 304 g/mol. The molecule has 3 aromatic carbocycles. The van der Waals surface area contributed by atoms with E-state index in [0.717, 1.165) is 27.6 Å². The number of nitro groups is 1. The molecule has 5 nitrogen and oxygen atoms in total. The molecule has 0 unspecified atom stereocenters. The Hall–Kier alpha value is -3.21. The van der Waals surface area contributed by atoms with Crippen LogP contribution in [0.4, 0.5) is 11.4 Å². The summed E-state index contributed by atoms with van der Waals surface area (Å²) in [6, 6.07) is 17.9. The van der Waals surface area contributed by atoms with Gasteiger partial charge in [0.2, 0.25) is 0 Å². The molecule has 0 bridgehead atoms. The van der Waals surface area contributed by atoms with Gasteiger partial charge in [0.1, 0.15) is 0 Å². The molecule has 0 saturated carbocycles. The second-order valence-electron chi connectivity index (χ2n) is 5.88. The topological polar surface area (TPSA) is 72.2 Å². The SMILES string of the molecule is O=C1C[C@H](c2ccc([N+](=O)[O-])cc2)Nc2ccc3ccccc3c21. The fourth-order valence-corrected chi connectivity index (χ4v) is 3.25. The predicted octanol–water partition coefficient (Wildman–Crippen LogP) is 4.49. The molecule has 1 aliphatic heterocycles.